The van der Waals surface area contributed by atoms with Gasteiger partial charge in [0.05, 0.1) is 22.7 Å². The fraction of sp³-hybridized carbons (Fsp3) is 0.304. The van der Waals surface area contributed by atoms with E-state index < -0.39 is 22.6 Å². The van der Waals surface area contributed by atoms with Crippen molar-refractivity contribution in [1.29, 1.82) is 0 Å². The third-order valence-corrected chi connectivity index (χ3v) is 7.45. The van der Waals surface area contributed by atoms with Crippen LogP contribution in [0.25, 0.3) is 5.57 Å². The number of fused-ring (bicyclic) bond motifs is 2. The predicted molar refractivity (Wildman–Crippen MR) is 118 cm³/mol. The molecule has 166 valence electrons. The number of ether oxygens (including phenoxy) is 1. The van der Waals surface area contributed by atoms with E-state index in [-0.39, 0.29) is 11.2 Å². The van der Waals surface area contributed by atoms with E-state index >= 15 is 0 Å². The number of piperidine rings is 1. The molecular weight excluding hydrogens is 461 g/mol. The Balaban J connectivity index is 1.38. The third kappa shape index (κ3) is 3.74. The van der Waals surface area contributed by atoms with Gasteiger partial charge in [0.1, 0.15) is 0 Å². The fourth-order valence-corrected chi connectivity index (χ4v) is 5.70. The summed E-state index contributed by atoms with van der Waals surface area (Å²) in [4.78, 5) is 18.0. The molecule has 1 amide bonds. The zero-order valence-electron chi connectivity index (χ0n) is 16.8. The molecule has 2 aromatic rings. The minimum Gasteiger partial charge on any atom is -0.365 e. The highest BCUT2D eigenvalue weighted by Crippen LogP contribution is 2.47. The average Bonchev–Trinajstić information content (AvgIpc) is 3.31. The maximum absolute atomic E-state index is 13.9. The van der Waals surface area contributed by atoms with Gasteiger partial charge in [-0.05, 0) is 53.4 Å². The Labute approximate surface area is 192 Å². The molecule has 0 bridgehead atoms. The van der Waals surface area contributed by atoms with Gasteiger partial charge in [-0.1, -0.05) is 48.0 Å². The Morgan fingerprint density at radius 3 is 2.47 bits per heavy atom. The number of amides is 1. The first-order valence-corrected chi connectivity index (χ1v) is 11.3. The van der Waals surface area contributed by atoms with Crippen LogP contribution < -0.4 is 0 Å². The largest absolute Gasteiger partial charge is 0.418 e. The van der Waals surface area contributed by atoms with Gasteiger partial charge in [-0.2, -0.15) is 18.2 Å². The number of allylic oxidation sites excluding steroid dienone is 1. The van der Waals surface area contributed by atoms with Crippen LogP contribution in [0.2, 0.25) is 5.02 Å². The molecule has 9 heteroatoms. The van der Waals surface area contributed by atoms with E-state index in [4.69, 9.17) is 16.3 Å². The number of aliphatic imine (C=N–C) groups is 1. The first-order chi connectivity index (χ1) is 15.3. The van der Waals surface area contributed by atoms with E-state index in [1.807, 2.05) is 17.0 Å². The average molecular weight is 479 g/mol. The summed E-state index contributed by atoms with van der Waals surface area (Å²) >= 11 is 6.61. The van der Waals surface area contributed by atoms with Crippen LogP contribution in [-0.4, -0.2) is 35.2 Å². The summed E-state index contributed by atoms with van der Waals surface area (Å²) in [6, 6.07) is 13.4. The van der Waals surface area contributed by atoms with Crippen molar-refractivity contribution >= 4 is 40.0 Å². The minimum absolute atomic E-state index is 0.109. The van der Waals surface area contributed by atoms with Crippen molar-refractivity contribution in [2.75, 3.05) is 13.1 Å². The van der Waals surface area contributed by atoms with Crippen molar-refractivity contribution in [3.8, 4) is 0 Å². The number of carbonyl (C=O) groups is 1. The quantitative estimate of drug-likeness (QED) is 0.488. The number of benzene rings is 2. The molecule has 3 heterocycles. The van der Waals surface area contributed by atoms with Crippen molar-refractivity contribution in [2.24, 2.45) is 4.99 Å². The number of halogens is 4. The molecule has 4 nitrogen and oxygen atoms in total. The Kier molecular flexibility index (Phi) is 5.34. The van der Waals surface area contributed by atoms with Gasteiger partial charge in [-0.15, -0.1) is 0 Å². The molecule has 0 saturated carbocycles. The van der Waals surface area contributed by atoms with Gasteiger partial charge in [0.15, 0.2) is 5.17 Å². The first-order valence-electron chi connectivity index (χ1n) is 10.1. The zero-order valence-corrected chi connectivity index (χ0v) is 18.4. The predicted octanol–water partition coefficient (Wildman–Crippen LogP) is 5.76. The molecule has 1 spiro atoms. The second-order valence-corrected chi connectivity index (χ2v) is 9.35. The highest BCUT2D eigenvalue weighted by Gasteiger charge is 2.45. The van der Waals surface area contributed by atoms with E-state index in [0.29, 0.717) is 42.7 Å². The molecule has 0 N–H and O–H groups in total. The van der Waals surface area contributed by atoms with Crippen LogP contribution >= 0.6 is 23.4 Å². The zero-order chi connectivity index (χ0) is 22.5. The molecule has 3 aliphatic heterocycles. The molecule has 5 rings (SSSR count). The van der Waals surface area contributed by atoms with Crippen LogP contribution in [0.15, 0.2) is 58.4 Å². The highest BCUT2D eigenvalue weighted by atomic mass is 35.5. The molecule has 1 saturated heterocycles. The monoisotopic (exact) mass is 478 g/mol. The Morgan fingerprint density at radius 1 is 1.09 bits per heavy atom. The Morgan fingerprint density at radius 2 is 1.78 bits per heavy atom. The number of thioether (sulfide) groups is 1. The molecule has 0 unspecified atom stereocenters. The number of hydrogen-bond donors (Lipinski definition) is 0. The van der Waals surface area contributed by atoms with Gasteiger partial charge in [0, 0.05) is 18.1 Å². The Bertz CT molecular complexity index is 1140. The van der Waals surface area contributed by atoms with E-state index in [9.17, 15) is 18.0 Å². The summed E-state index contributed by atoms with van der Waals surface area (Å²) in [5, 5.41) is 0.627. The van der Waals surface area contributed by atoms with Crippen molar-refractivity contribution in [3.05, 3.63) is 75.1 Å². The van der Waals surface area contributed by atoms with Crippen LogP contribution in [0, 0.1) is 0 Å². The smallest absolute Gasteiger partial charge is 0.365 e. The molecule has 0 atom stereocenters. The lowest BCUT2D eigenvalue weighted by Gasteiger charge is -2.39. The number of carbonyl (C=O) groups excluding carboxylic acids is 1. The first kappa shape index (κ1) is 21.6. The Hall–Kier alpha value is -2.29. The number of amidine groups is 1. The van der Waals surface area contributed by atoms with E-state index in [0.717, 1.165) is 11.8 Å². The minimum atomic E-state index is -4.70. The van der Waals surface area contributed by atoms with Gasteiger partial charge in [-0.25, -0.2) is 0 Å². The van der Waals surface area contributed by atoms with Gasteiger partial charge >= 0.3 is 6.18 Å². The van der Waals surface area contributed by atoms with Crippen LogP contribution in [0.4, 0.5) is 13.2 Å². The standard InChI is InChI=1S/C23H18ClF3N2O2S/c24-16-7-5-14(6-8-16)18(23(25,26)27)19-20(30)28-21(32-19)29-11-9-22(10-12-29)17-4-2-1-3-15(17)13-31-22/h1-8H,9-13H2/b19-18-. The second-order valence-electron chi connectivity index (χ2n) is 7.94. The fourth-order valence-electron chi connectivity index (χ4n) is 4.49. The number of likely N-dealkylation sites (tertiary alicyclic amines) is 1. The van der Waals surface area contributed by atoms with Gasteiger partial charge in [0.25, 0.3) is 5.91 Å². The molecule has 1 fully saturated rings. The van der Waals surface area contributed by atoms with Crippen LogP contribution in [-0.2, 0) is 21.7 Å². The number of rotatable bonds is 1. The van der Waals surface area contributed by atoms with Crippen molar-refractivity contribution in [3.63, 3.8) is 0 Å². The summed E-state index contributed by atoms with van der Waals surface area (Å²) in [5.41, 5.74) is 0.887. The number of nitrogens with zero attached hydrogens (tertiary/aromatic N) is 2. The molecule has 0 radical (unpaired) electrons. The second kappa shape index (κ2) is 7.93. The maximum atomic E-state index is 13.9. The molecule has 3 aliphatic rings. The summed E-state index contributed by atoms with van der Waals surface area (Å²) in [7, 11) is 0. The summed E-state index contributed by atoms with van der Waals surface area (Å²) < 4.78 is 47.9. The normalized spacial score (nSPS) is 21.7. The van der Waals surface area contributed by atoms with Crippen LogP contribution in [0.3, 0.4) is 0 Å². The lowest BCUT2D eigenvalue weighted by molar-refractivity contribution is -0.114. The topological polar surface area (TPSA) is 41.9 Å². The van der Waals surface area contributed by atoms with Crippen LogP contribution in [0.1, 0.15) is 29.5 Å². The molecule has 0 aromatic heterocycles. The van der Waals surface area contributed by atoms with Crippen molar-refractivity contribution in [1.82, 2.24) is 4.90 Å². The summed E-state index contributed by atoms with van der Waals surface area (Å²) in [6.07, 6.45) is -3.34. The van der Waals surface area contributed by atoms with E-state index in [1.165, 1.54) is 35.4 Å². The lowest BCUT2D eigenvalue weighted by Crippen LogP contribution is -2.44. The maximum Gasteiger partial charge on any atom is 0.418 e. The van der Waals surface area contributed by atoms with Gasteiger partial charge < -0.3 is 9.64 Å². The van der Waals surface area contributed by atoms with Crippen LogP contribution in [0.5, 0.6) is 0 Å². The third-order valence-electron chi connectivity index (χ3n) is 6.08. The molecule has 0 aliphatic carbocycles. The van der Waals surface area contributed by atoms with Crippen molar-refractivity contribution in [2.45, 2.75) is 31.2 Å². The lowest BCUT2D eigenvalue weighted by atomic mass is 9.84. The summed E-state index contributed by atoms with van der Waals surface area (Å²) in [6.45, 7) is 1.65. The van der Waals surface area contributed by atoms with E-state index in [1.54, 1.807) is 0 Å². The van der Waals surface area contributed by atoms with Crippen molar-refractivity contribution < 1.29 is 22.7 Å². The van der Waals surface area contributed by atoms with Gasteiger partial charge in [0.2, 0.25) is 0 Å². The summed E-state index contributed by atoms with van der Waals surface area (Å²) in [5.74, 6) is -0.866. The molecule has 2 aromatic carbocycles. The number of hydrogen-bond acceptors (Lipinski definition) is 4. The molecular formula is C23H18ClF3N2O2S. The van der Waals surface area contributed by atoms with Gasteiger partial charge in [-0.3, -0.25) is 4.79 Å². The number of alkyl halides is 3. The van der Waals surface area contributed by atoms with E-state index in [2.05, 4.69) is 17.1 Å². The highest BCUT2D eigenvalue weighted by molar-refractivity contribution is 8.18. The SMILES string of the molecule is O=C1N=C(N2CCC3(CC2)OCc2ccccc23)S/C1=C(/c1ccc(Cl)cc1)C(F)(F)F. The molecule has 32 heavy (non-hydrogen) atoms.